The largest absolute Gasteiger partial charge is 0.309 e. The predicted molar refractivity (Wildman–Crippen MR) is 48.1 cm³/mol. The third kappa shape index (κ3) is 7.16. The highest BCUT2D eigenvalue weighted by Gasteiger charge is 2.17. The van der Waals surface area contributed by atoms with Crippen molar-refractivity contribution < 1.29 is 28.9 Å². The second kappa shape index (κ2) is 6.41. The van der Waals surface area contributed by atoms with Gasteiger partial charge in [0.05, 0.1) is 4.88 Å². The summed E-state index contributed by atoms with van der Waals surface area (Å²) in [6.45, 7) is 2.04. The van der Waals surface area contributed by atoms with Crippen LogP contribution in [-0.2, 0) is 0 Å². The zero-order valence-electron chi connectivity index (χ0n) is 7.11. The van der Waals surface area contributed by atoms with Gasteiger partial charge in [-0.25, -0.2) is 18.6 Å². The molecule has 1 aromatic rings. The first kappa shape index (κ1) is 14.8. The lowest BCUT2D eigenvalue weighted by Gasteiger charge is -2.17. The van der Waals surface area contributed by atoms with Crippen molar-refractivity contribution in [2.75, 3.05) is 6.26 Å². The van der Waals surface area contributed by atoms with Gasteiger partial charge >= 0.3 is 10.3 Å². The first-order valence-electron chi connectivity index (χ1n) is 2.99. The molecule has 0 N–H and O–H groups in total. The van der Waals surface area contributed by atoms with E-state index < -0.39 is 10.2 Å². The minimum absolute atomic E-state index is 0.942. The molecule has 4 nitrogen and oxygen atoms in total. The first-order chi connectivity index (χ1) is 6.25. The molecule has 82 valence electrons. The van der Waals surface area contributed by atoms with Gasteiger partial charge in [0.2, 0.25) is 0 Å². The maximum Gasteiger partial charge on any atom is 0.309 e. The Kier molecular flexibility index (Phi) is 6.79. The molecule has 0 aliphatic rings. The normalized spacial score (nSPS) is 10.8. The number of hydrogen-bond acceptors (Lipinski definition) is 6. The highest BCUT2D eigenvalue weighted by Crippen LogP contribution is 2.37. The second-order valence-corrected chi connectivity index (χ2v) is 6.47. The average Bonchev–Trinajstić information content (AvgIpc) is 2.30. The van der Waals surface area contributed by atoms with Crippen LogP contribution >= 0.6 is 44.0 Å². The van der Waals surface area contributed by atoms with Gasteiger partial charge in [0.15, 0.2) is 10.3 Å². The molecule has 1 aromatic heterocycles. The Bertz CT molecular complexity index is 279. The lowest BCUT2D eigenvalue weighted by molar-refractivity contribution is -2.00. The fourth-order valence-electron chi connectivity index (χ4n) is 0.441. The molecule has 0 saturated carbocycles. The molecule has 1 rings (SSSR count). The number of hydrogen-bond donors (Lipinski definition) is 0. The quantitative estimate of drug-likeness (QED) is 0.377. The van der Waals surface area contributed by atoms with Crippen LogP contribution in [0.4, 0.5) is 0 Å². The molecule has 1 heterocycles. The minimum Gasteiger partial charge on any atom is -0.222 e. The number of halogens is 2. The summed E-state index contributed by atoms with van der Waals surface area (Å²) in [5, 5.41) is 0.942. The molecular formula is C5H6Cl2O4S3. The van der Waals surface area contributed by atoms with Gasteiger partial charge in [-0.05, 0) is 13.2 Å². The Morgan fingerprint density at radius 1 is 1.36 bits per heavy atom. The maximum absolute atomic E-state index is 8.49. The van der Waals surface area contributed by atoms with Crippen molar-refractivity contribution in [3.63, 3.8) is 0 Å². The molecule has 0 unspecified atom stereocenters. The molecule has 0 saturated heterocycles. The van der Waals surface area contributed by atoms with E-state index in [2.05, 4.69) is 0 Å². The highest BCUT2D eigenvalue weighted by molar-refractivity contribution is 8.02. The van der Waals surface area contributed by atoms with Crippen LogP contribution in [0.5, 0.6) is 0 Å². The summed E-state index contributed by atoms with van der Waals surface area (Å²) in [4.78, 5) is 1.23. The molecule has 0 fully saturated rings. The summed E-state index contributed by atoms with van der Waals surface area (Å²) >= 11 is 7.62. The van der Waals surface area contributed by atoms with Crippen LogP contribution in [0.25, 0.3) is 0 Å². The van der Waals surface area contributed by atoms with Gasteiger partial charge < -0.3 is 0 Å². The monoisotopic (exact) mass is 296 g/mol. The van der Waals surface area contributed by atoms with Crippen molar-refractivity contribution in [3.8, 4) is 0 Å². The van der Waals surface area contributed by atoms with Crippen molar-refractivity contribution in [3.05, 3.63) is 9.90 Å². The van der Waals surface area contributed by atoms with Gasteiger partial charge in [-0.1, -0.05) is 23.4 Å². The van der Waals surface area contributed by atoms with E-state index in [4.69, 9.17) is 30.2 Å². The molecule has 0 amide bonds. The Balaban J connectivity index is 0.000000292. The van der Waals surface area contributed by atoms with E-state index in [-0.39, 0.29) is 0 Å². The topological polar surface area (TPSA) is 92.2 Å². The lowest BCUT2D eigenvalue weighted by atomic mass is 10.6. The predicted octanol–water partition coefficient (Wildman–Crippen LogP) is -0.982. The lowest BCUT2D eigenvalue weighted by Crippen LogP contribution is -2.68. The number of aryl methyl sites for hydroxylation is 1. The molecule has 0 aliphatic carbocycles. The first-order valence-corrected chi connectivity index (χ1v) is 7.98. The Hall–Kier alpha value is 0.820. The second-order valence-electron chi connectivity index (χ2n) is 1.91. The van der Waals surface area contributed by atoms with Gasteiger partial charge in [-0.2, -0.15) is 0 Å². The van der Waals surface area contributed by atoms with Crippen LogP contribution in [0.3, 0.4) is 0 Å². The van der Waals surface area contributed by atoms with Gasteiger partial charge in [0.25, 0.3) is 4.21 Å². The van der Waals surface area contributed by atoms with Crippen molar-refractivity contribution in [2.45, 2.75) is 11.1 Å². The average molecular weight is 297 g/mol. The molecule has 0 atom stereocenters. The van der Waals surface area contributed by atoms with Gasteiger partial charge in [0.1, 0.15) is 5.02 Å². The van der Waals surface area contributed by atoms with Crippen LogP contribution in [0.2, 0.25) is 5.02 Å². The SMILES string of the molecule is CSc1[s+]sc(C)c1Cl.[O-][Cl+3]([O-])([O-])[O-]. The van der Waals surface area contributed by atoms with Crippen LogP contribution in [0, 0.1) is 17.2 Å². The van der Waals surface area contributed by atoms with E-state index in [9.17, 15) is 0 Å². The molecule has 0 bridgehead atoms. The third-order valence-electron chi connectivity index (χ3n) is 0.916. The van der Waals surface area contributed by atoms with E-state index in [1.165, 1.54) is 9.09 Å². The zero-order valence-corrected chi connectivity index (χ0v) is 11.1. The minimum atomic E-state index is -4.94. The summed E-state index contributed by atoms with van der Waals surface area (Å²) in [6, 6.07) is 0. The molecule has 0 aromatic carbocycles. The zero-order chi connectivity index (χ0) is 11.4. The summed E-state index contributed by atoms with van der Waals surface area (Å²) in [5.41, 5.74) is 0. The van der Waals surface area contributed by atoms with Gasteiger partial charge in [0, 0.05) is 0 Å². The highest BCUT2D eigenvalue weighted by atomic mass is 35.7. The summed E-state index contributed by atoms with van der Waals surface area (Å²) in [6.07, 6.45) is 2.05. The molecule has 0 aliphatic heterocycles. The third-order valence-corrected chi connectivity index (χ3v) is 5.76. The Labute approximate surface area is 99.9 Å². The molecule has 9 heteroatoms. The Morgan fingerprint density at radius 2 is 1.79 bits per heavy atom. The van der Waals surface area contributed by atoms with Crippen molar-refractivity contribution in [1.29, 1.82) is 0 Å². The fraction of sp³-hybridized carbons (Fsp3) is 0.400. The van der Waals surface area contributed by atoms with Gasteiger partial charge in [-0.15, -0.1) is 10.2 Å². The van der Waals surface area contributed by atoms with Crippen molar-refractivity contribution in [2.24, 2.45) is 0 Å². The fourth-order valence-corrected chi connectivity index (χ4v) is 4.53. The van der Waals surface area contributed by atoms with E-state index in [1.807, 2.05) is 13.2 Å². The maximum atomic E-state index is 8.49. The number of thioether (sulfide) groups is 1. The standard InChI is InChI=1S/C5H6ClS3.ClHO4/c1-3-4(6)5(7-2)9-8-3;2-1(3,4)5/h1-2H3;(H,2,3,4,5)/q+1;/p-1. The van der Waals surface area contributed by atoms with E-state index in [0.717, 1.165) is 5.02 Å². The molecule has 0 radical (unpaired) electrons. The smallest absolute Gasteiger partial charge is 0.222 e. The van der Waals surface area contributed by atoms with Gasteiger partial charge in [-0.3, -0.25) is 0 Å². The van der Waals surface area contributed by atoms with Crippen molar-refractivity contribution >= 4 is 44.0 Å². The van der Waals surface area contributed by atoms with Crippen molar-refractivity contribution in [1.82, 2.24) is 0 Å². The summed E-state index contributed by atoms with van der Waals surface area (Å²) in [7, 11) is -1.45. The number of rotatable bonds is 1. The summed E-state index contributed by atoms with van der Waals surface area (Å²) in [5.74, 6) is 0. The van der Waals surface area contributed by atoms with E-state index >= 15 is 0 Å². The van der Waals surface area contributed by atoms with Crippen LogP contribution in [-0.4, -0.2) is 6.26 Å². The van der Waals surface area contributed by atoms with Crippen LogP contribution < -0.4 is 18.6 Å². The van der Waals surface area contributed by atoms with Crippen LogP contribution in [0.1, 0.15) is 4.88 Å². The Morgan fingerprint density at radius 3 is 1.93 bits per heavy atom. The molecule has 0 spiro atoms. The van der Waals surface area contributed by atoms with E-state index in [1.54, 1.807) is 32.4 Å². The molecule has 14 heavy (non-hydrogen) atoms. The van der Waals surface area contributed by atoms with E-state index in [0.29, 0.717) is 0 Å². The molecular weight excluding hydrogens is 291 g/mol. The summed E-state index contributed by atoms with van der Waals surface area (Å²) < 4.78 is 35.2. The van der Waals surface area contributed by atoms with Crippen LogP contribution in [0.15, 0.2) is 4.21 Å².